The van der Waals surface area contributed by atoms with Gasteiger partial charge in [0.15, 0.2) is 17.5 Å². The molecule has 7 aromatic rings. The van der Waals surface area contributed by atoms with Crippen molar-refractivity contribution in [3.8, 4) is 45.3 Å². The number of nitrogens with zero attached hydrogens (tertiary/aromatic N) is 3. The summed E-state index contributed by atoms with van der Waals surface area (Å²) in [6.07, 6.45) is 1.11. The van der Waals surface area contributed by atoms with Crippen molar-refractivity contribution in [2.45, 2.75) is 60.2 Å². The Labute approximate surface area is 303 Å². The van der Waals surface area contributed by atoms with Gasteiger partial charge in [0.1, 0.15) is 0 Å². The van der Waals surface area contributed by atoms with Crippen molar-refractivity contribution in [2.75, 3.05) is 0 Å². The summed E-state index contributed by atoms with van der Waals surface area (Å²) in [6.45, 7) is 9.43. The van der Waals surface area contributed by atoms with Crippen LogP contribution in [0.1, 0.15) is 67.5 Å². The summed E-state index contributed by atoms with van der Waals surface area (Å²) in [6, 6.07) is 50.8. The van der Waals surface area contributed by atoms with Gasteiger partial charge < -0.3 is 0 Å². The van der Waals surface area contributed by atoms with Crippen molar-refractivity contribution in [3.05, 3.63) is 173 Å². The highest BCUT2D eigenvalue weighted by atomic mass is 32.2. The minimum Gasteiger partial charge on any atom is -0.208 e. The standard InChI is InChI=1S/C47H37N3S/c1-45(2)28-46(3,4)38-26-30(22-24-36(38)45)43-48-42(29-14-6-5-7-15-29)49-44(50-43)31-23-25-41-39(27-31)47(37-20-12-13-21-40(37)51-41)34-18-10-8-16-32(34)33-17-9-11-19-35(33)47/h5-27H,28H2,1-4H3. The van der Waals surface area contributed by atoms with Crippen LogP contribution in [0.5, 0.6) is 0 Å². The fourth-order valence-corrected chi connectivity index (χ4v) is 10.6. The van der Waals surface area contributed by atoms with Crippen molar-refractivity contribution in [2.24, 2.45) is 0 Å². The van der Waals surface area contributed by atoms with Crippen LogP contribution < -0.4 is 0 Å². The zero-order chi connectivity index (χ0) is 34.5. The van der Waals surface area contributed by atoms with Crippen LogP contribution in [0.4, 0.5) is 0 Å². The lowest BCUT2D eigenvalue weighted by Gasteiger charge is -2.39. The molecule has 3 aliphatic rings. The van der Waals surface area contributed by atoms with E-state index in [-0.39, 0.29) is 10.8 Å². The maximum Gasteiger partial charge on any atom is 0.164 e. The maximum absolute atomic E-state index is 5.28. The first kappa shape index (κ1) is 30.5. The second kappa shape index (κ2) is 10.8. The molecule has 0 saturated carbocycles. The Morgan fingerprint density at radius 3 is 1.57 bits per heavy atom. The van der Waals surface area contributed by atoms with Gasteiger partial charge in [-0.25, -0.2) is 15.0 Å². The van der Waals surface area contributed by atoms with Crippen LogP contribution in [-0.4, -0.2) is 15.0 Å². The van der Waals surface area contributed by atoms with E-state index in [1.54, 1.807) is 0 Å². The van der Waals surface area contributed by atoms with Crippen LogP contribution in [0.15, 0.2) is 149 Å². The number of rotatable bonds is 3. The van der Waals surface area contributed by atoms with Crippen LogP contribution in [0.2, 0.25) is 0 Å². The van der Waals surface area contributed by atoms with Gasteiger partial charge in [0, 0.05) is 26.5 Å². The SMILES string of the molecule is CC1(C)CC(C)(C)c2cc(-c3nc(-c4ccccc4)nc(-c4ccc5c(c4)C4(c6ccccc6S5)c5ccccc5-c5ccccc54)n3)ccc21. The highest BCUT2D eigenvalue weighted by Crippen LogP contribution is 2.62. The zero-order valence-corrected chi connectivity index (χ0v) is 30.1. The average molecular weight is 676 g/mol. The van der Waals surface area contributed by atoms with E-state index in [1.807, 2.05) is 30.0 Å². The highest BCUT2D eigenvalue weighted by molar-refractivity contribution is 7.99. The van der Waals surface area contributed by atoms with Gasteiger partial charge in [-0.3, -0.25) is 0 Å². The molecule has 2 heterocycles. The van der Waals surface area contributed by atoms with E-state index in [0.717, 1.165) is 23.1 Å². The van der Waals surface area contributed by atoms with Crippen LogP contribution in [0, 0.1) is 0 Å². The molecule has 0 fully saturated rings. The van der Waals surface area contributed by atoms with E-state index in [0.29, 0.717) is 17.5 Å². The molecule has 0 N–H and O–H groups in total. The summed E-state index contributed by atoms with van der Waals surface area (Å²) in [5.74, 6) is 2.06. The predicted molar refractivity (Wildman–Crippen MR) is 208 cm³/mol. The molecule has 1 spiro atoms. The number of fused-ring (bicyclic) bond motifs is 10. The molecule has 246 valence electrons. The quantitative estimate of drug-likeness (QED) is 0.187. The molecule has 0 radical (unpaired) electrons. The number of benzene rings is 6. The first-order chi connectivity index (χ1) is 24.7. The summed E-state index contributed by atoms with van der Waals surface area (Å²) >= 11 is 1.85. The van der Waals surface area contributed by atoms with Gasteiger partial charge in [-0.05, 0) is 86.0 Å². The van der Waals surface area contributed by atoms with E-state index in [2.05, 4.69) is 149 Å². The van der Waals surface area contributed by atoms with Crippen LogP contribution in [-0.2, 0) is 16.2 Å². The molecular formula is C47H37N3S. The lowest BCUT2D eigenvalue weighted by Crippen LogP contribution is -2.32. The predicted octanol–water partition coefficient (Wildman–Crippen LogP) is 11.7. The first-order valence-electron chi connectivity index (χ1n) is 17.8. The molecule has 4 heteroatoms. The van der Waals surface area contributed by atoms with Gasteiger partial charge in [-0.1, -0.05) is 155 Å². The Bertz CT molecular complexity index is 2500. The second-order valence-corrected chi connectivity index (χ2v) is 16.6. The topological polar surface area (TPSA) is 38.7 Å². The Morgan fingerprint density at radius 2 is 0.902 bits per heavy atom. The fraction of sp³-hybridized carbons (Fsp3) is 0.170. The van der Waals surface area contributed by atoms with Gasteiger partial charge in [0.2, 0.25) is 0 Å². The summed E-state index contributed by atoms with van der Waals surface area (Å²) < 4.78 is 0. The summed E-state index contributed by atoms with van der Waals surface area (Å²) in [5, 5.41) is 0. The lowest BCUT2D eigenvalue weighted by molar-refractivity contribution is 0.403. The molecule has 3 nitrogen and oxygen atoms in total. The monoisotopic (exact) mass is 675 g/mol. The van der Waals surface area contributed by atoms with Gasteiger partial charge in [-0.15, -0.1) is 0 Å². The fourth-order valence-electron chi connectivity index (χ4n) is 9.47. The minimum atomic E-state index is -0.461. The lowest BCUT2D eigenvalue weighted by atomic mass is 9.67. The van der Waals surface area contributed by atoms with E-state index in [4.69, 9.17) is 15.0 Å². The molecule has 6 aromatic carbocycles. The van der Waals surface area contributed by atoms with Crippen molar-refractivity contribution in [1.29, 1.82) is 0 Å². The van der Waals surface area contributed by atoms with Crippen molar-refractivity contribution >= 4 is 11.8 Å². The Balaban J connectivity index is 1.21. The summed E-state index contributed by atoms with van der Waals surface area (Å²) in [5.41, 5.74) is 13.4. The van der Waals surface area contributed by atoms with E-state index < -0.39 is 5.41 Å². The zero-order valence-electron chi connectivity index (χ0n) is 29.2. The number of aromatic nitrogens is 3. The molecule has 1 aromatic heterocycles. The number of hydrogen-bond acceptors (Lipinski definition) is 4. The Morgan fingerprint density at radius 1 is 0.412 bits per heavy atom. The first-order valence-corrected chi connectivity index (χ1v) is 18.6. The van der Waals surface area contributed by atoms with Crippen molar-refractivity contribution in [3.63, 3.8) is 0 Å². The maximum atomic E-state index is 5.28. The molecule has 0 amide bonds. The summed E-state index contributed by atoms with van der Waals surface area (Å²) in [7, 11) is 0. The summed E-state index contributed by atoms with van der Waals surface area (Å²) in [4.78, 5) is 18.1. The smallest absolute Gasteiger partial charge is 0.164 e. The van der Waals surface area contributed by atoms with Gasteiger partial charge in [0.05, 0.1) is 5.41 Å². The van der Waals surface area contributed by atoms with E-state index in [9.17, 15) is 0 Å². The largest absolute Gasteiger partial charge is 0.208 e. The molecule has 0 atom stereocenters. The third-order valence-corrected chi connectivity index (χ3v) is 12.5. The van der Waals surface area contributed by atoms with E-state index in [1.165, 1.54) is 54.3 Å². The third-order valence-electron chi connectivity index (χ3n) is 11.4. The highest BCUT2D eigenvalue weighted by Gasteiger charge is 2.50. The third kappa shape index (κ3) is 4.42. The minimum absolute atomic E-state index is 0.0710. The molecule has 0 bridgehead atoms. The van der Waals surface area contributed by atoms with Crippen LogP contribution in [0.25, 0.3) is 45.3 Å². The van der Waals surface area contributed by atoms with Crippen LogP contribution in [0.3, 0.4) is 0 Å². The van der Waals surface area contributed by atoms with Crippen molar-refractivity contribution < 1.29 is 0 Å². The Kier molecular flexibility index (Phi) is 6.48. The second-order valence-electron chi connectivity index (χ2n) is 15.5. The van der Waals surface area contributed by atoms with Gasteiger partial charge in [-0.2, -0.15) is 0 Å². The normalized spacial score (nSPS) is 16.5. The Hall–Kier alpha value is -5.32. The molecular weight excluding hydrogens is 639 g/mol. The molecule has 0 saturated heterocycles. The van der Waals surface area contributed by atoms with Gasteiger partial charge >= 0.3 is 0 Å². The molecule has 10 rings (SSSR count). The van der Waals surface area contributed by atoms with Crippen LogP contribution >= 0.6 is 11.8 Å². The molecule has 2 aliphatic carbocycles. The molecule has 0 unspecified atom stereocenters. The average Bonchev–Trinajstić information content (AvgIpc) is 3.55. The van der Waals surface area contributed by atoms with E-state index >= 15 is 0 Å². The molecule has 51 heavy (non-hydrogen) atoms. The van der Waals surface area contributed by atoms with Crippen molar-refractivity contribution in [1.82, 2.24) is 15.0 Å². The van der Waals surface area contributed by atoms with Gasteiger partial charge in [0.25, 0.3) is 0 Å². The molecule has 1 aliphatic heterocycles. The number of hydrogen-bond donors (Lipinski definition) is 0.